The molecule has 2 nitrogen and oxygen atoms in total. The Hall–Kier alpha value is -0.0800. The fourth-order valence-electron chi connectivity index (χ4n) is 2.60. The zero-order valence-electron chi connectivity index (χ0n) is 13.1. The molecule has 0 heterocycles. The van der Waals surface area contributed by atoms with Crippen LogP contribution in [-0.4, -0.2) is 36.2 Å². The third-order valence-corrected chi connectivity index (χ3v) is 3.82. The molecule has 0 radical (unpaired) electrons. The largest absolute Gasteiger partial charge is 0.392 e. The predicted octanol–water partition coefficient (Wildman–Crippen LogP) is 4.22. The van der Waals surface area contributed by atoms with Gasteiger partial charge in [0.25, 0.3) is 0 Å². The molecule has 0 amide bonds. The van der Waals surface area contributed by atoms with Gasteiger partial charge in [-0.1, -0.05) is 64.7 Å². The molecule has 18 heavy (non-hydrogen) atoms. The maximum absolute atomic E-state index is 9.66. The van der Waals surface area contributed by atoms with E-state index in [-0.39, 0.29) is 6.10 Å². The molecule has 2 unspecified atom stereocenters. The van der Waals surface area contributed by atoms with Gasteiger partial charge in [-0.05, 0) is 27.4 Å². The second kappa shape index (κ2) is 12.0. The Morgan fingerprint density at radius 1 is 0.833 bits per heavy atom. The topological polar surface area (TPSA) is 23.5 Å². The number of aliphatic hydroxyl groups excluding tert-OH is 1. The monoisotopic (exact) mass is 257 g/mol. The van der Waals surface area contributed by atoms with Crippen molar-refractivity contribution in [1.82, 2.24) is 4.90 Å². The van der Waals surface area contributed by atoms with Crippen LogP contribution in [0.15, 0.2) is 0 Å². The highest BCUT2D eigenvalue weighted by atomic mass is 16.3. The molecule has 110 valence electrons. The zero-order valence-corrected chi connectivity index (χ0v) is 13.1. The molecule has 2 heteroatoms. The smallest absolute Gasteiger partial charge is 0.0667 e. The van der Waals surface area contributed by atoms with Crippen molar-refractivity contribution in [2.75, 3.05) is 14.1 Å². The Kier molecular flexibility index (Phi) is 11.9. The van der Waals surface area contributed by atoms with E-state index >= 15 is 0 Å². The summed E-state index contributed by atoms with van der Waals surface area (Å²) in [6, 6.07) is 0.328. The van der Waals surface area contributed by atoms with Crippen molar-refractivity contribution in [1.29, 1.82) is 0 Å². The molecule has 0 aliphatic rings. The highest BCUT2D eigenvalue weighted by molar-refractivity contribution is 4.71. The van der Waals surface area contributed by atoms with Crippen LogP contribution in [0.3, 0.4) is 0 Å². The van der Waals surface area contributed by atoms with E-state index in [0.29, 0.717) is 6.04 Å². The maximum Gasteiger partial charge on any atom is 0.0667 e. The SMILES string of the molecule is CCCCCCCCCCCC(C(C)O)N(C)C. The molecule has 0 saturated heterocycles. The maximum atomic E-state index is 9.66. The molecule has 1 N–H and O–H groups in total. The van der Waals surface area contributed by atoms with E-state index < -0.39 is 0 Å². The van der Waals surface area contributed by atoms with E-state index in [9.17, 15) is 5.11 Å². The first-order chi connectivity index (χ1) is 8.59. The van der Waals surface area contributed by atoms with Crippen molar-refractivity contribution in [3.63, 3.8) is 0 Å². The summed E-state index contributed by atoms with van der Waals surface area (Å²) in [5, 5.41) is 9.66. The lowest BCUT2D eigenvalue weighted by Crippen LogP contribution is -2.37. The molecule has 0 rings (SSSR count). The van der Waals surface area contributed by atoms with Crippen molar-refractivity contribution in [2.45, 2.75) is 90.2 Å². The first-order valence-electron chi connectivity index (χ1n) is 7.94. The molecule has 0 aromatic carbocycles. The molecular weight excluding hydrogens is 222 g/mol. The number of likely N-dealkylation sites (N-methyl/N-ethyl adjacent to an activating group) is 1. The van der Waals surface area contributed by atoms with Crippen LogP contribution in [0.1, 0.15) is 78.1 Å². The summed E-state index contributed by atoms with van der Waals surface area (Å²) in [7, 11) is 4.12. The number of hydrogen-bond acceptors (Lipinski definition) is 2. The van der Waals surface area contributed by atoms with Gasteiger partial charge in [0.2, 0.25) is 0 Å². The average Bonchev–Trinajstić information content (AvgIpc) is 2.30. The third-order valence-electron chi connectivity index (χ3n) is 3.82. The van der Waals surface area contributed by atoms with Gasteiger partial charge in [0, 0.05) is 6.04 Å². The number of unbranched alkanes of at least 4 members (excludes halogenated alkanes) is 8. The molecule has 2 atom stereocenters. The van der Waals surface area contributed by atoms with Crippen molar-refractivity contribution in [2.24, 2.45) is 0 Å². The molecule has 0 aliphatic carbocycles. The van der Waals surface area contributed by atoms with Crippen LogP contribution in [0.25, 0.3) is 0 Å². The summed E-state index contributed by atoms with van der Waals surface area (Å²) in [4.78, 5) is 2.15. The van der Waals surface area contributed by atoms with Gasteiger partial charge in [-0.25, -0.2) is 0 Å². The van der Waals surface area contributed by atoms with Gasteiger partial charge in [-0.3, -0.25) is 0 Å². The van der Waals surface area contributed by atoms with Crippen molar-refractivity contribution < 1.29 is 5.11 Å². The first-order valence-corrected chi connectivity index (χ1v) is 7.94. The van der Waals surface area contributed by atoms with Crippen LogP contribution < -0.4 is 0 Å². The summed E-state index contributed by atoms with van der Waals surface area (Å²) in [5.74, 6) is 0. The molecule has 0 aromatic rings. The molecule has 0 spiro atoms. The molecule has 0 bridgehead atoms. The average molecular weight is 257 g/mol. The first kappa shape index (κ1) is 17.9. The standard InChI is InChI=1S/C16H35NO/c1-5-6-7-8-9-10-11-12-13-14-16(15(2)18)17(3)4/h15-16,18H,5-14H2,1-4H3. The van der Waals surface area contributed by atoms with Gasteiger partial charge in [0.1, 0.15) is 0 Å². The van der Waals surface area contributed by atoms with Crippen LogP contribution >= 0.6 is 0 Å². The van der Waals surface area contributed by atoms with Gasteiger partial charge < -0.3 is 10.0 Å². The Morgan fingerprint density at radius 3 is 1.67 bits per heavy atom. The Bertz CT molecular complexity index is 160. The quantitative estimate of drug-likeness (QED) is 0.529. The predicted molar refractivity (Wildman–Crippen MR) is 81.0 cm³/mol. The van der Waals surface area contributed by atoms with Gasteiger partial charge in [0.15, 0.2) is 0 Å². The fourth-order valence-corrected chi connectivity index (χ4v) is 2.60. The number of aliphatic hydroxyl groups is 1. The van der Waals surface area contributed by atoms with Crippen molar-refractivity contribution >= 4 is 0 Å². The number of nitrogens with zero attached hydrogens (tertiary/aromatic N) is 1. The van der Waals surface area contributed by atoms with Crippen LogP contribution in [0, 0.1) is 0 Å². The van der Waals surface area contributed by atoms with Gasteiger partial charge in [-0.15, -0.1) is 0 Å². The molecule has 0 aromatic heterocycles. The molecule has 0 fully saturated rings. The van der Waals surface area contributed by atoms with Gasteiger partial charge in [0.05, 0.1) is 6.10 Å². The second-order valence-electron chi connectivity index (χ2n) is 5.89. The summed E-state index contributed by atoms with van der Waals surface area (Å²) in [6.07, 6.45) is 13.2. The summed E-state index contributed by atoms with van der Waals surface area (Å²) in [5.41, 5.74) is 0. The van der Waals surface area contributed by atoms with Crippen LogP contribution in [0.2, 0.25) is 0 Å². The highest BCUT2D eigenvalue weighted by Crippen LogP contribution is 2.14. The minimum atomic E-state index is -0.214. The molecule has 0 aliphatic heterocycles. The Labute approximate surface area is 115 Å². The number of rotatable bonds is 12. The Morgan fingerprint density at radius 2 is 1.28 bits per heavy atom. The van der Waals surface area contributed by atoms with Crippen LogP contribution in [-0.2, 0) is 0 Å². The normalized spacial score (nSPS) is 15.0. The summed E-state index contributed by atoms with van der Waals surface area (Å²) < 4.78 is 0. The minimum absolute atomic E-state index is 0.214. The van der Waals surface area contributed by atoms with Gasteiger partial charge >= 0.3 is 0 Å². The lowest BCUT2D eigenvalue weighted by molar-refractivity contribution is 0.0834. The van der Waals surface area contributed by atoms with Crippen molar-refractivity contribution in [3.05, 3.63) is 0 Å². The lowest BCUT2D eigenvalue weighted by Gasteiger charge is -2.26. The molecule has 0 saturated carbocycles. The summed E-state index contributed by atoms with van der Waals surface area (Å²) >= 11 is 0. The van der Waals surface area contributed by atoms with Crippen LogP contribution in [0.5, 0.6) is 0 Å². The van der Waals surface area contributed by atoms with Crippen molar-refractivity contribution in [3.8, 4) is 0 Å². The zero-order chi connectivity index (χ0) is 13.8. The fraction of sp³-hybridized carbons (Fsp3) is 1.00. The number of hydrogen-bond donors (Lipinski definition) is 1. The highest BCUT2D eigenvalue weighted by Gasteiger charge is 2.16. The van der Waals surface area contributed by atoms with E-state index in [1.54, 1.807) is 0 Å². The molecular formula is C16H35NO. The van der Waals surface area contributed by atoms with E-state index in [1.165, 1.54) is 57.8 Å². The van der Waals surface area contributed by atoms with E-state index in [1.807, 2.05) is 6.92 Å². The van der Waals surface area contributed by atoms with Gasteiger partial charge in [-0.2, -0.15) is 0 Å². The van der Waals surface area contributed by atoms with Crippen LogP contribution in [0.4, 0.5) is 0 Å². The van der Waals surface area contributed by atoms with E-state index in [4.69, 9.17) is 0 Å². The lowest BCUT2D eigenvalue weighted by atomic mass is 10.0. The minimum Gasteiger partial charge on any atom is -0.392 e. The Balaban J connectivity index is 3.33. The van der Waals surface area contributed by atoms with E-state index in [2.05, 4.69) is 25.9 Å². The van der Waals surface area contributed by atoms with E-state index in [0.717, 1.165) is 6.42 Å². The second-order valence-corrected chi connectivity index (χ2v) is 5.89. The third kappa shape index (κ3) is 9.90. The summed E-state index contributed by atoms with van der Waals surface area (Å²) in [6.45, 7) is 4.17.